The third kappa shape index (κ3) is 4.70. The molecule has 0 saturated carbocycles. The molecule has 3 amide bonds. The number of hydrogen-bond acceptors (Lipinski definition) is 2. The summed E-state index contributed by atoms with van der Waals surface area (Å²) in [7, 11) is 0. The average molecular weight is 405 g/mol. The number of benzene rings is 2. The van der Waals surface area contributed by atoms with E-state index in [0.29, 0.717) is 12.2 Å². The van der Waals surface area contributed by atoms with Crippen molar-refractivity contribution in [2.45, 2.75) is 33.4 Å². The van der Waals surface area contributed by atoms with Gasteiger partial charge >= 0.3 is 12.2 Å². The van der Waals surface area contributed by atoms with Crippen LogP contribution in [-0.4, -0.2) is 18.5 Å². The van der Waals surface area contributed by atoms with Crippen LogP contribution in [0.25, 0.3) is 0 Å². The fourth-order valence-electron chi connectivity index (χ4n) is 3.11. The maximum Gasteiger partial charge on any atom is 0.416 e. The van der Waals surface area contributed by atoms with Crippen molar-refractivity contribution >= 4 is 29.0 Å². The van der Waals surface area contributed by atoms with Crippen molar-refractivity contribution in [1.82, 2.24) is 0 Å². The van der Waals surface area contributed by atoms with Crippen LogP contribution < -0.4 is 15.5 Å². The highest BCUT2D eigenvalue weighted by Crippen LogP contribution is 2.34. The molecule has 1 heterocycles. The van der Waals surface area contributed by atoms with E-state index >= 15 is 0 Å². The Morgan fingerprint density at radius 3 is 2.10 bits per heavy atom. The van der Waals surface area contributed by atoms with Gasteiger partial charge in [0.05, 0.1) is 5.56 Å². The van der Waals surface area contributed by atoms with E-state index in [1.54, 1.807) is 17.0 Å². The van der Waals surface area contributed by atoms with E-state index in [1.165, 1.54) is 12.1 Å². The summed E-state index contributed by atoms with van der Waals surface area (Å²) >= 11 is 0. The minimum absolute atomic E-state index is 0.00241. The molecule has 1 aliphatic heterocycles. The van der Waals surface area contributed by atoms with Crippen LogP contribution in [0.1, 0.15) is 31.9 Å². The molecule has 1 aliphatic rings. The summed E-state index contributed by atoms with van der Waals surface area (Å²) in [4.78, 5) is 26.6. The Hall–Kier alpha value is -3.03. The predicted molar refractivity (Wildman–Crippen MR) is 106 cm³/mol. The van der Waals surface area contributed by atoms with E-state index in [-0.39, 0.29) is 11.6 Å². The number of rotatable bonds is 2. The Labute approximate surface area is 166 Å². The van der Waals surface area contributed by atoms with Crippen molar-refractivity contribution in [2.24, 2.45) is 5.41 Å². The standard InChI is InChI=1S/C21H22F3N3O2/c1-20(2,3)18(28)27-11-10-13-4-7-16(12-17(13)27)26-19(29)25-15-8-5-14(6-9-15)21(22,23)24/h4-9,12H,10-11H2,1-3H3,(H2,25,26,29). The molecule has 154 valence electrons. The minimum atomic E-state index is -4.43. The highest BCUT2D eigenvalue weighted by Gasteiger charge is 2.32. The van der Waals surface area contributed by atoms with Crippen LogP contribution in [0.3, 0.4) is 0 Å². The number of halogens is 3. The van der Waals surface area contributed by atoms with Gasteiger partial charge in [-0.25, -0.2) is 4.79 Å². The Balaban J connectivity index is 1.70. The van der Waals surface area contributed by atoms with Gasteiger partial charge < -0.3 is 15.5 Å². The summed E-state index contributed by atoms with van der Waals surface area (Å²) in [5.41, 5.74) is 1.20. The van der Waals surface area contributed by atoms with Gasteiger partial charge in [0, 0.05) is 29.0 Å². The van der Waals surface area contributed by atoms with Crippen molar-refractivity contribution in [3.8, 4) is 0 Å². The topological polar surface area (TPSA) is 61.4 Å². The first kappa shape index (κ1) is 20.7. The zero-order valence-electron chi connectivity index (χ0n) is 16.4. The second-order valence-electron chi connectivity index (χ2n) is 7.95. The fraction of sp³-hybridized carbons (Fsp3) is 0.333. The van der Waals surface area contributed by atoms with E-state index in [4.69, 9.17) is 0 Å². The van der Waals surface area contributed by atoms with E-state index in [2.05, 4.69) is 10.6 Å². The lowest BCUT2D eigenvalue weighted by atomic mass is 9.94. The quantitative estimate of drug-likeness (QED) is 0.714. The van der Waals surface area contributed by atoms with Gasteiger partial charge in [0.2, 0.25) is 5.91 Å². The van der Waals surface area contributed by atoms with Gasteiger partial charge in [-0.1, -0.05) is 26.8 Å². The number of urea groups is 1. The number of anilines is 3. The fourth-order valence-corrected chi connectivity index (χ4v) is 3.11. The number of fused-ring (bicyclic) bond motifs is 1. The zero-order valence-corrected chi connectivity index (χ0v) is 16.4. The van der Waals surface area contributed by atoms with Gasteiger partial charge in [-0.3, -0.25) is 4.79 Å². The van der Waals surface area contributed by atoms with Crippen LogP contribution in [0.2, 0.25) is 0 Å². The molecular weight excluding hydrogens is 383 g/mol. The Bertz CT molecular complexity index is 932. The summed E-state index contributed by atoms with van der Waals surface area (Å²) in [5.74, 6) is 0.00241. The first-order valence-corrected chi connectivity index (χ1v) is 9.15. The minimum Gasteiger partial charge on any atom is -0.311 e. The molecule has 2 aromatic carbocycles. The first-order valence-electron chi connectivity index (χ1n) is 9.15. The van der Waals surface area contributed by atoms with Crippen molar-refractivity contribution in [3.05, 3.63) is 53.6 Å². The van der Waals surface area contributed by atoms with E-state index in [0.717, 1.165) is 29.8 Å². The molecule has 0 aliphatic carbocycles. The summed E-state index contributed by atoms with van der Waals surface area (Å²) in [6, 6.07) is 8.93. The highest BCUT2D eigenvalue weighted by atomic mass is 19.4. The lowest BCUT2D eigenvalue weighted by molar-refractivity contribution is -0.137. The maximum atomic E-state index is 12.6. The van der Waals surface area contributed by atoms with Gasteiger partial charge in [0.1, 0.15) is 0 Å². The Morgan fingerprint density at radius 2 is 1.52 bits per heavy atom. The monoisotopic (exact) mass is 405 g/mol. The van der Waals surface area contributed by atoms with Crippen LogP contribution in [0, 0.1) is 5.41 Å². The highest BCUT2D eigenvalue weighted by molar-refractivity contribution is 6.02. The number of alkyl halides is 3. The normalized spacial score (nSPS) is 13.8. The molecule has 2 N–H and O–H groups in total. The summed E-state index contributed by atoms with van der Waals surface area (Å²) in [5, 5.41) is 5.15. The second-order valence-corrected chi connectivity index (χ2v) is 7.95. The first-order chi connectivity index (χ1) is 13.4. The molecule has 8 heteroatoms. The smallest absolute Gasteiger partial charge is 0.311 e. The number of nitrogens with one attached hydrogen (secondary N) is 2. The molecule has 29 heavy (non-hydrogen) atoms. The van der Waals surface area contributed by atoms with Crippen molar-refractivity contribution in [3.63, 3.8) is 0 Å². The molecule has 0 aromatic heterocycles. The summed E-state index contributed by atoms with van der Waals surface area (Å²) in [6.45, 7) is 6.15. The molecular formula is C21H22F3N3O2. The van der Waals surface area contributed by atoms with Gasteiger partial charge in [0.15, 0.2) is 0 Å². The lowest BCUT2D eigenvalue weighted by Gasteiger charge is -2.26. The lowest BCUT2D eigenvalue weighted by Crippen LogP contribution is -2.38. The summed E-state index contributed by atoms with van der Waals surface area (Å²) in [6.07, 6.45) is -3.68. The zero-order chi connectivity index (χ0) is 21.4. The molecule has 0 saturated heterocycles. The maximum absolute atomic E-state index is 12.6. The SMILES string of the molecule is CC(C)(C)C(=O)N1CCc2ccc(NC(=O)Nc3ccc(C(F)(F)F)cc3)cc21. The van der Waals surface area contributed by atoms with E-state index in [9.17, 15) is 22.8 Å². The largest absolute Gasteiger partial charge is 0.416 e. The molecule has 3 rings (SSSR count). The van der Waals surface area contributed by atoms with E-state index < -0.39 is 23.2 Å². The second kappa shape index (κ2) is 7.42. The number of carbonyl (C=O) groups is 2. The Morgan fingerprint density at radius 1 is 0.931 bits per heavy atom. The predicted octanol–water partition coefficient (Wildman–Crippen LogP) is 5.28. The van der Waals surface area contributed by atoms with Gasteiger partial charge in [-0.2, -0.15) is 13.2 Å². The van der Waals surface area contributed by atoms with Crippen LogP contribution in [0.5, 0.6) is 0 Å². The molecule has 2 aromatic rings. The Kier molecular flexibility index (Phi) is 5.30. The molecule has 0 atom stereocenters. The molecule has 0 radical (unpaired) electrons. The van der Waals surface area contributed by atoms with Crippen molar-refractivity contribution in [2.75, 3.05) is 22.1 Å². The van der Waals surface area contributed by atoms with Gasteiger partial charge in [-0.05, 0) is 48.4 Å². The van der Waals surface area contributed by atoms with Gasteiger partial charge in [0.25, 0.3) is 0 Å². The third-order valence-corrected chi connectivity index (χ3v) is 4.60. The molecule has 0 bridgehead atoms. The van der Waals surface area contributed by atoms with Crippen LogP contribution >= 0.6 is 0 Å². The number of amides is 3. The third-order valence-electron chi connectivity index (χ3n) is 4.60. The van der Waals surface area contributed by atoms with Gasteiger partial charge in [-0.15, -0.1) is 0 Å². The van der Waals surface area contributed by atoms with Crippen LogP contribution in [0.4, 0.5) is 35.0 Å². The summed E-state index contributed by atoms with van der Waals surface area (Å²) < 4.78 is 37.8. The number of nitrogens with zero attached hydrogens (tertiary/aromatic N) is 1. The van der Waals surface area contributed by atoms with E-state index in [1.807, 2.05) is 26.8 Å². The number of hydrogen-bond donors (Lipinski definition) is 2. The van der Waals surface area contributed by atoms with Crippen LogP contribution in [0.15, 0.2) is 42.5 Å². The molecule has 0 fully saturated rings. The molecule has 5 nitrogen and oxygen atoms in total. The molecule has 0 unspecified atom stereocenters. The number of carbonyl (C=O) groups excluding carboxylic acids is 2. The van der Waals surface area contributed by atoms with Crippen LogP contribution in [-0.2, 0) is 17.4 Å². The average Bonchev–Trinajstić information content (AvgIpc) is 3.03. The van der Waals surface area contributed by atoms with Crippen molar-refractivity contribution < 1.29 is 22.8 Å². The molecule has 0 spiro atoms. The van der Waals surface area contributed by atoms with Crippen molar-refractivity contribution in [1.29, 1.82) is 0 Å².